The normalized spacial score (nSPS) is 12.2. The van der Waals surface area contributed by atoms with Crippen LogP contribution in [-0.2, 0) is 14.3 Å². The highest BCUT2D eigenvalue weighted by Crippen LogP contribution is 2.04. The van der Waals surface area contributed by atoms with Crippen LogP contribution in [0, 0.1) is 0 Å². The molecule has 70 valence electrons. The van der Waals surface area contributed by atoms with Crippen LogP contribution in [0.5, 0.6) is 0 Å². The van der Waals surface area contributed by atoms with Crippen molar-refractivity contribution in [2.45, 2.75) is 32.3 Å². The third kappa shape index (κ3) is 6.34. The first-order valence-electron chi connectivity index (χ1n) is 3.89. The van der Waals surface area contributed by atoms with Crippen molar-refractivity contribution in [1.82, 2.24) is 0 Å². The van der Waals surface area contributed by atoms with E-state index in [1.807, 2.05) is 6.92 Å². The lowest BCUT2D eigenvalue weighted by Gasteiger charge is -2.10. The summed E-state index contributed by atoms with van der Waals surface area (Å²) >= 11 is 2.99. The number of esters is 1. The van der Waals surface area contributed by atoms with Crippen molar-refractivity contribution >= 4 is 28.2 Å². The van der Waals surface area contributed by atoms with E-state index in [1.54, 1.807) is 0 Å². The summed E-state index contributed by atoms with van der Waals surface area (Å²) < 4.78 is 4.94. The summed E-state index contributed by atoms with van der Waals surface area (Å²) in [6.45, 7) is 1.82. The highest BCUT2D eigenvalue weighted by Gasteiger charge is 2.06. The van der Waals surface area contributed by atoms with Crippen molar-refractivity contribution in [1.29, 1.82) is 0 Å². The van der Waals surface area contributed by atoms with Crippen LogP contribution in [0.1, 0.15) is 26.2 Å². The van der Waals surface area contributed by atoms with Crippen molar-refractivity contribution in [3.8, 4) is 0 Å². The molecule has 0 amide bonds. The molecule has 0 saturated carbocycles. The van der Waals surface area contributed by atoms with Crippen LogP contribution < -0.4 is 0 Å². The maximum Gasteiger partial charge on any atom is 0.316 e. The fourth-order valence-corrected chi connectivity index (χ4v) is 0.936. The zero-order valence-electron chi connectivity index (χ0n) is 7.09. The topological polar surface area (TPSA) is 43.4 Å². The summed E-state index contributed by atoms with van der Waals surface area (Å²) in [5.74, 6) is -0.256. The molecule has 0 spiro atoms. The van der Waals surface area contributed by atoms with Gasteiger partial charge in [0.2, 0.25) is 0 Å². The van der Waals surface area contributed by atoms with E-state index >= 15 is 0 Å². The lowest BCUT2D eigenvalue weighted by Crippen LogP contribution is -2.15. The Hall–Kier alpha value is -0.380. The predicted molar refractivity (Wildman–Crippen MR) is 49.3 cm³/mol. The molecule has 0 aliphatic heterocycles. The number of carbonyl (C=O) groups excluding carboxylic acids is 2. The first-order valence-corrected chi connectivity index (χ1v) is 5.02. The Balaban J connectivity index is 3.38. The molecule has 1 unspecified atom stereocenters. The van der Waals surface area contributed by atoms with Crippen LogP contribution in [0.15, 0.2) is 0 Å². The van der Waals surface area contributed by atoms with Gasteiger partial charge < -0.3 is 9.53 Å². The number of carbonyl (C=O) groups is 2. The number of alkyl halides is 1. The molecule has 0 radical (unpaired) electrons. The van der Waals surface area contributed by atoms with Gasteiger partial charge in [0, 0.05) is 6.42 Å². The van der Waals surface area contributed by atoms with Gasteiger partial charge in [-0.2, -0.15) is 0 Å². The molecule has 0 aromatic carbocycles. The summed E-state index contributed by atoms with van der Waals surface area (Å²) in [7, 11) is 0. The summed E-state index contributed by atoms with van der Waals surface area (Å²) in [6, 6.07) is 0. The lowest BCUT2D eigenvalue weighted by molar-refractivity contribution is -0.145. The molecule has 0 fully saturated rings. The van der Waals surface area contributed by atoms with E-state index in [9.17, 15) is 9.59 Å². The monoisotopic (exact) mass is 236 g/mol. The van der Waals surface area contributed by atoms with Gasteiger partial charge in [-0.15, -0.1) is 0 Å². The van der Waals surface area contributed by atoms with Crippen LogP contribution in [0.2, 0.25) is 0 Å². The molecular formula is C8H13BrO3. The van der Waals surface area contributed by atoms with Crippen molar-refractivity contribution in [3.63, 3.8) is 0 Å². The number of aldehydes is 1. The largest absolute Gasteiger partial charge is 0.462 e. The molecule has 0 saturated heterocycles. The van der Waals surface area contributed by atoms with Crippen molar-refractivity contribution < 1.29 is 14.3 Å². The Bertz CT molecular complexity index is 147. The molecule has 0 heterocycles. The summed E-state index contributed by atoms with van der Waals surface area (Å²) in [6.07, 6.45) is 2.85. The number of hydrogen-bond acceptors (Lipinski definition) is 3. The Morgan fingerprint density at radius 3 is 2.83 bits per heavy atom. The average molecular weight is 237 g/mol. The molecule has 0 rings (SSSR count). The zero-order chi connectivity index (χ0) is 9.40. The van der Waals surface area contributed by atoms with Crippen LogP contribution >= 0.6 is 15.9 Å². The second-order valence-corrected chi connectivity index (χ2v) is 3.09. The molecule has 0 bridgehead atoms. The van der Waals surface area contributed by atoms with Gasteiger partial charge in [-0.1, -0.05) is 15.9 Å². The van der Waals surface area contributed by atoms with Gasteiger partial charge in [-0.25, -0.2) is 0 Å². The SMILES string of the molecule is CC(CCCC=O)OC(=O)CBr. The summed E-state index contributed by atoms with van der Waals surface area (Å²) in [4.78, 5) is 20.7. The molecule has 0 N–H and O–H groups in total. The summed E-state index contributed by atoms with van der Waals surface area (Å²) in [5, 5.41) is 0.227. The van der Waals surface area contributed by atoms with E-state index in [-0.39, 0.29) is 17.4 Å². The lowest BCUT2D eigenvalue weighted by atomic mass is 10.2. The van der Waals surface area contributed by atoms with Gasteiger partial charge in [0.05, 0.1) is 6.10 Å². The number of hydrogen-bond donors (Lipinski definition) is 0. The highest BCUT2D eigenvalue weighted by atomic mass is 79.9. The Labute approximate surface area is 80.6 Å². The maximum absolute atomic E-state index is 10.7. The van der Waals surface area contributed by atoms with E-state index in [1.165, 1.54) is 0 Å². The Kier molecular flexibility index (Phi) is 7.05. The Morgan fingerprint density at radius 2 is 2.33 bits per heavy atom. The van der Waals surface area contributed by atoms with Crippen LogP contribution in [0.25, 0.3) is 0 Å². The van der Waals surface area contributed by atoms with E-state index in [0.717, 1.165) is 19.1 Å². The van der Waals surface area contributed by atoms with Crippen molar-refractivity contribution in [2.24, 2.45) is 0 Å². The molecule has 0 aliphatic carbocycles. The number of unbranched alkanes of at least 4 members (excludes halogenated alkanes) is 1. The second kappa shape index (κ2) is 7.28. The average Bonchev–Trinajstić information content (AvgIpc) is 2.05. The third-order valence-corrected chi connectivity index (χ3v) is 1.83. The van der Waals surface area contributed by atoms with E-state index in [0.29, 0.717) is 6.42 Å². The maximum atomic E-state index is 10.7. The van der Waals surface area contributed by atoms with Gasteiger partial charge in [-0.3, -0.25) is 4.79 Å². The first-order chi connectivity index (χ1) is 5.70. The van der Waals surface area contributed by atoms with Gasteiger partial charge in [0.1, 0.15) is 11.6 Å². The van der Waals surface area contributed by atoms with E-state index < -0.39 is 0 Å². The van der Waals surface area contributed by atoms with Crippen LogP contribution in [-0.4, -0.2) is 23.7 Å². The van der Waals surface area contributed by atoms with Crippen molar-refractivity contribution in [3.05, 3.63) is 0 Å². The highest BCUT2D eigenvalue weighted by molar-refractivity contribution is 9.09. The van der Waals surface area contributed by atoms with E-state index in [4.69, 9.17) is 4.74 Å². The first kappa shape index (κ1) is 11.6. The van der Waals surface area contributed by atoms with Gasteiger partial charge in [-0.05, 0) is 19.8 Å². The van der Waals surface area contributed by atoms with Crippen LogP contribution in [0.3, 0.4) is 0 Å². The predicted octanol–water partition coefficient (Wildman–Crippen LogP) is 1.68. The number of ether oxygens (including phenoxy) is 1. The standard InChI is InChI=1S/C8H13BrO3/c1-7(4-2-3-5-10)12-8(11)6-9/h5,7H,2-4,6H2,1H3. The van der Waals surface area contributed by atoms with Gasteiger partial charge >= 0.3 is 5.97 Å². The van der Waals surface area contributed by atoms with Gasteiger partial charge in [0.25, 0.3) is 0 Å². The molecule has 0 aromatic rings. The fraction of sp³-hybridized carbons (Fsp3) is 0.750. The summed E-state index contributed by atoms with van der Waals surface area (Å²) in [5.41, 5.74) is 0. The molecule has 4 heteroatoms. The smallest absolute Gasteiger partial charge is 0.316 e. The Morgan fingerprint density at radius 1 is 1.67 bits per heavy atom. The van der Waals surface area contributed by atoms with E-state index in [2.05, 4.69) is 15.9 Å². The minimum absolute atomic E-state index is 0.0880. The minimum Gasteiger partial charge on any atom is -0.462 e. The molecule has 12 heavy (non-hydrogen) atoms. The molecule has 3 nitrogen and oxygen atoms in total. The number of rotatable bonds is 6. The van der Waals surface area contributed by atoms with Crippen molar-refractivity contribution in [2.75, 3.05) is 5.33 Å². The quantitative estimate of drug-likeness (QED) is 0.305. The minimum atomic E-state index is -0.256. The third-order valence-electron chi connectivity index (χ3n) is 1.37. The molecule has 0 aliphatic rings. The number of halogens is 1. The van der Waals surface area contributed by atoms with Gasteiger partial charge in [0.15, 0.2) is 0 Å². The molecule has 1 atom stereocenters. The fourth-order valence-electron chi connectivity index (χ4n) is 0.803. The van der Waals surface area contributed by atoms with Crippen LogP contribution in [0.4, 0.5) is 0 Å². The zero-order valence-corrected chi connectivity index (χ0v) is 8.67. The molecule has 0 aromatic heterocycles. The molecular weight excluding hydrogens is 224 g/mol. The second-order valence-electron chi connectivity index (χ2n) is 2.53.